The Hall–Kier alpha value is -13.7. The zero-order chi connectivity index (χ0) is 88.7. The summed E-state index contributed by atoms with van der Waals surface area (Å²) in [4.78, 5) is 69.3. The van der Waals surface area contributed by atoms with E-state index < -0.39 is 0 Å². The Labute approximate surface area is 842 Å². The summed E-state index contributed by atoms with van der Waals surface area (Å²) in [7, 11) is 0. The summed E-state index contributed by atoms with van der Waals surface area (Å²) in [6.07, 6.45) is 15.3. The molecule has 12 aromatic heterocycles. The number of benzene rings is 11. The minimum Gasteiger partial charge on any atom is -0.472 e. The van der Waals surface area contributed by atoms with Gasteiger partial charge in [-0.2, -0.15) is 0 Å². The van der Waals surface area contributed by atoms with E-state index in [2.05, 4.69) is 189 Å². The molecule has 11 aromatic carbocycles. The van der Waals surface area contributed by atoms with Crippen LogP contribution < -0.4 is 16.9 Å². The van der Waals surface area contributed by atoms with Gasteiger partial charge in [-0.05, 0) is 124 Å². The Balaban J connectivity index is 0.000000150. The summed E-state index contributed by atoms with van der Waals surface area (Å²) >= 11 is 0. The number of nitrogens with zero attached hydrogens (tertiary/aromatic N) is 9. The van der Waals surface area contributed by atoms with Crippen LogP contribution in [0.15, 0.2) is 417 Å². The molecule has 0 amide bonds. The first kappa shape index (κ1) is 101. The smallest absolute Gasteiger partial charge is 0.327 e. The maximum Gasteiger partial charge on any atom is 0.327 e. The van der Waals surface area contributed by atoms with Crippen LogP contribution in [-0.2, 0) is 107 Å². The number of hydrogen-bond donors (Lipinski definition) is 0. The molecule has 15 nitrogen and oxygen atoms in total. The molecule has 0 aliphatic rings. The van der Waals surface area contributed by atoms with Gasteiger partial charge in [0.05, 0.1) is 11.3 Å². The second kappa shape index (κ2) is 49.2. The van der Waals surface area contributed by atoms with Gasteiger partial charge in [0.2, 0.25) is 0 Å². The third kappa shape index (κ3) is 25.2. The number of imidazole rings is 1. The predicted molar refractivity (Wildman–Crippen MR) is 516 cm³/mol. The predicted octanol–water partition coefficient (Wildman–Crippen LogP) is 25.6. The third-order valence-corrected chi connectivity index (χ3v) is 20.6. The molecule has 0 bridgehead atoms. The van der Waals surface area contributed by atoms with Crippen molar-refractivity contribution in [1.29, 1.82) is 0 Å². The van der Waals surface area contributed by atoms with E-state index in [-0.39, 0.29) is 123 Å². The minimum atomic E-state index is -0.356. The van der Waals surface area contributed by atoms with Crippen molar-refractivity contribution in [3.05, 3.63) is 486 Å². The Kier molecular flexibility index (Phi) is 37.0. The molecule has 5 radical (unpaired) electrons. The van der Waals surface area contributed by atoms with Crippen LogP contribution in [0, 0.1) is 67.8 Å². The van der Waals surface area contributed by atoms with E-state index in [0.717, 1.165) is 89.9 Å². The topological polar surface area (TPSA) is 198 Å². The number of aryl methyl sites for hydroxylation is 2. The molecule has 23 rings (SSSR count). The fourth-order valence-corrected chi connectivity index (χ4v) is 14.7. The van der Waals surface area contributed by atoms with E-state index in [1.807, 2.05) is 194 Å². The molecule has 12 heterocycles. The Bertz CT molecular complexity index is 7250. The van der Waals surface area contributed by atoms with Crippen molar-refractivity contribution in [1.82, 2.24) is 44.3 Å². The van der Waals surface area contributed by atoms with Gasteiger partial charge in [-0.15, -0.1) is 246 Å². The molecule has 0 saturated heterocycles. The van der Waals surface area contributed by atoms with E-state index in [1.165, 1.54) is 44.1 Å². The van der Waals surface area contributed by atoms with Crippen LogP contribution in [0.4, 0.5) is 0 Å². The summed E-state index contributed by atoms with van der Waals surface area (Å²) in [6, 6.07) is 134. The van der Waals surface area contributed by atoms with Gasteiger partial charge in [0.15, 0.2) is 0 Å². The monoisotopic (exact) mass is 2640 g/mol. The average molecular weight is 2630 g/mol. The number of rotatable bonds is 7. The molecule has 20 heteroatoms. The molecule has 0 saturated carbocycles. The Morgan fingerprint density at radius 2 is 0.672 bits per heavy atom. The van der Waals surface area contributed by atoms with Crippen molar-refractivity contribution in [3.8, 4) is 67.4 Å². The van der Waals surface area contributed by atoms with E-state index in [0.29, 0.717) is 49.5 Å². The first-order valence-electron chi connectivity index (χ1n) is 41.7. The zero-order valence-corrected chi connectivity index (χ0v) is 84.8. The molecule has 134 heavy (non-hydrogen) atoms. The van der Waals surface area contributed by atoms with Gasteiger partial charge in [-0.25, -0.2) is 14.4 Å². The number of hydrogen-bond acceptors (Lipinski definition) is 14. The molecule has 671 valence electrons. The fraction of sp³-hybridized carbons (Fsp3) is 0.0614. The first-order valence-corrected chi connectivity index (χ1v) is 41.7. The quantitative estimate of drug-likeness (QED) is 0.0829. The molecule has 0 unspecified atom stereocenters. The van der Waals surface area contributed by atoms with Crippen LogP contribution in [0.5, 0.6) is 0 Å². The van der Waals surface area contributed by atoms with Crippen LogP contribution in [0.3, 0.4) is 0 Å². The van der Waals surface area contributed by atoms with Crippen LogP contribution in [0.1, 0.15) is 37.5 Å². The van der Waals surface area contributed by atoms with Gasteiger partial charge < -0.3 is 52.5 Å². The normalized spacial score (nSPS) is 10.4. The average Bonchev–Trinajstić information content (AvgIpc) is 1.53. The third-order valence-electron chi connectivity index (χ3n) is 20.6. The van der Waals surface area contributed by atoms with Crippen molar-refractivity contribution in [2.75, 3.05) is 0 Å². The van der Waals surface area contributed by atoms with Gasteiger partial charge in [-0.3, -0.25) is 4.98 Å². The Morgan fingerprint density at radius 3 is 1.05 bits per heavy atom. The van der Waals surface area contributed by atoms with Gasteiger partial charge in [0.25, 0.3) is 0 Å². The van der Waals surface area contributed by atoms with Crippen molar-refractivity contribution < 1.29 is 114 Å². The largest absolute Gasteiger partial charge is 0.472 e. The van der Waals surface area contributed by atoms with E-state index in [4.69, 9.17) is 18.2 Å². The molecular weight excluding hydrogens is 2550 g/mol. The molecule has 0 aliphatic heterocycles. The van der Waals surface area contributed by atoms with Crippen molar-refractivity contribution >= 4 is 92.9 Å². The van der Waals surface area contributed by atoms with Gasteiger partial charge in [0.1, 0.15) is 0 Å². The second-order valence-corrected chi connectivity index (χ2v) is 30.8. The van der Waals surface area contributed by atoms with E-state index in [9.17, 15) is 14.4 Å². The van der Waals surface area contributed by atoms with Crippen molar-refractivity contribution in [2.24, 2.45) is 5.41 Å². The van der Waals surface area contributed by atoms with E-state index >= 15 is 0 Å². The summed E-state index contributed by atoms with van der Waals surface area (Å²) in [6.45, 7) is 11.2. The molecule has 0 N–H and O–H groups in total. The standard InChI is InChI=1S/C28H27N2.C17H12N.3C12H6NO2.3C11H8N.5Ir/c1-18-9-8-10-19(2)26(18)25-17-29-27-22-12-7-6-11-21(22)23-15-20(16-28(3,4)5)13-14-24(23)30(25)27;1-3-7-14(8-4-1)16-11-12-17(18-13-16)15-9-5-2-6-10-15;3*14-12-9-5-3-7-13-11(9)8-4-1-2-6-10(8)15-12;3*1-2-6-10(7-3-1)11-8-4-5-9-12-11;;;;;/h6-11,13-15,17H,16H2,1-5H3;1-9,11-13H;3*1-3,5-7H;3*1-6,8-9H;;;;;/q8*-1;;;;;. The van der Waals surface area contributed by atoms with Crippen LogP contribution in [-0.4, -0.2) is 44.3 Å². The summed E-state index contributed by atoms with van der Waals surface area (Å²) in [5, 5.41) is 7.27. The number of pyridine rings is 8. The first-order chi connectivity index (χ1) is 63.2. The van der Waals surface area contributed by atoms with Gasteiger partial charge in [0, 0.05) is 211 Å². The molecular formula is C114H81Ir5N9O6-8. The van der Waals surface area contributed by atoms with Gasteiger partial charge in [-0.1, -0.05) is 170 Å². The maximum absolute atomic E-state index is 11.6. The summed E-state index contributed by atoms with van der Waals surface area (Å²) < 4.78 is 17.8. The maximum atomic E-state index is 11.6. The fourth-order valence-electron chi connectivity index (χ4n) is 14.7. The Morgan fingerprint density at radius 1 is 0.299 bits per heavy atom. The molecule has 0 atom stereocenters. The summed E-state index contributed by atoms with van der Waals surface area (Å²) in [5.41, 5.74) is 21.5. The molecule has 0 fully saturated rings. The summed E-state index contributed by atoms with van der Waals surface area (Å²) in [5.74, 6) is 0. The van der Waals surface area contributed by atoms with Crippen LogP contribution in [0.2, 0.25) is 0 Å². The van der Waals surface area contributed by atoms with Crippen LogP contribution >= 0.6 is 0 Å². The SMILES string of the molecule is Cc1cccc(C)c1-c1cnc2c3[c-]cccc3c3cc(CC(C)(C)C)ccc3n12.O=c1oc2ccc[c-]c2c2ncccc12.O=c1oc2ccc[c-]c2c2ncccc12.O=c1oc2ccc[c-]c2c2ncccc12.[Ir].[Ir].[Ir].[Ir].[Ir].[c-]1ccccc1-c1ccc(-c2ccccc2)cn1.[c-]1ccccc1-c1ccccn1.[c-]1ccccc1-c1ccccn1.[c-]1ccccc1-c1ccccn1. The van der Waals surface area contributed by atoms with Crippen molar-refractivity contribution in [3.63, 3.8) is 0 Å². The molecule has 0 spiro atoms. The van der Waals surface area contributed by atoms with E-state index in [1.54, 1.807) is 128 Å². The zero-order valence-electron chi connectivity index (χ0n) is 72.8. The van der Waals surface area contributed by atoms with Crippen molar-refractivity contribution in [2.45, 2.75) is 41.0 Å². The molecule has 0 aliphatic carbocycles. The number of aromatic nitrogens is 9. The van der Waals surface area contributed by atoms with Crippen LogP contribution in [0.25, 0.3) is 160 Å². The minimum absolute atomic E-state index is 0. The van der Waals surface area contributed by atoms with Gasteiger partial charge >= 0.3 is 16.9 Å². The second-order valence-electron chi connectivity index (χ2n) is 30.8. The molecule has 23 aromatic rings. The number of fused-ring (bicyclic) bond motifs is 15.